The van der Waals surface area contributed by atoms with E-state index in [9.17, 15) is 4.79 Å². The van der Waals surface area contributed by atoms with Crippen LogP contribution in [0.4, 0.5) is 0 Å². The number of thiazole rings is 1. The molecule has 2 aromatic heterocycles. The maximum Gasteiger partial charge on any atom is 0.251 e. The van der Waals surface area contributed by atoms with Crippen molar-refractivity contribution >= 4 is 17.2 Å². The molecule has 3 rings (SSSR count). The molecule has 1 aromatic carbocycles. The molecular weight excluding hydrogens is 322 g/mol. The number of benzene rings is 1. The maximum absolute atomic E-state index is 12.4. The van der Waals surface area contributed by atoms with Crippen molar-refractivity contribution in [1.29, 1.82) is 0 Å². The van der Waals surface area contributed by atoms with Crippen LogP contribution in [0.5, 0.6) is 5.75 Å². The van der Waals surface area contributed by atoms with Crippen LogP contribution in [0.2, 0.25) is 0 Å². The lowest BCUT2D eigenvalue weighted by Crippen LogP contribution is -2.26. The highest BCUT2D eigenvalue weighted by Gasteiger charge is 2.12. The Kier molecular flexibility index (Phi) is 5.18. The average molecular weight is 339 g/mol. The van der Waals surface area contributed by atoms with E-state index in [0.717, 1.165) is 11.3 Å². The third-order valence-corrected chi connectivity index (χ3v) is 4.16. The fraction of sp³-hybridized carbons (Fsp3) is 0.167. The van der Waals surface area contributed by atoms with E-state index in [1.807, 2.05) is 36.6 Å². The standard InChI is InChI=1S/C18H17N3O2S/c1-13(14-5-7-19-8-6-14)21-18(22)15-3-2-4-17(9-15)23-10-16-11-24-12-20-16/h2-9,11-13H,10H2,1H3,(H,21,22). The van der Waals surface area contributed by atoms with Gasteiger partial charge in [0.25, 0.3) is 5.91 Å². The predicted molar refractivity (Wildman–Crippen MR) is 93.0 cm³/mol. The zero-order valence-electron chi connectivity index (χ0n) is 13.2. The molecule has 3 aromatic rings. The van der Waals surface area contributed by atoms with Gasteiger partial charge in [0.1, 0.15) is 12.4 Å². The second-order valence-corrected chi connectivity index (χ2v) is 5.99. The van der Waals surface area contributed by atoms with Crippen LogP contribution in [0.15, 0.2) is 59.7 Å². The monoisotopic (exact) mass is 339 g/mol. The SMILES string of the molecule is CC(NC(=O)c1cccc(OCc2cscn2)c1)c1ccncc1. The first-order valence-corrected chi connectivity index (χ1v) is 8.47. The highest BCUT2D eigenvalue weighted by atomic mass is 32.1. The van der Waals surface area contributed by atoms with Crippen LogP contribution in [0.3, 0.4) is 0 Å². The van der Waals surface area contributed by atoms with E-state index in [4.69, 9.17) is 4.74 Å². The van der Waals surface area contributed by atoms with Gasteiger partial charge in [0.05, 0.1) is 17.2 Å². The summed E-state index contributed by atoms with van der Waals surface area (Å²) in [7, 11) is 0. The van der Waals surface area contributed by atoms with Gasteiger partial charge in [-0.1, -0.05) is 6.07 Å². The third kappa shape index (κ3) is 4.17. The van der Waals surface area contributed by atoms with Crippen molar-refractivity contribution in [3.05, 3.63) is 76.5 Å². The molecular formula is C18H17N3O2S. The smallest absolute Gasteiger partial charge is 0.251 e. The molecule has 0 fully saturated rings. The molecule has 1 N–H and O–H groups in total. The Labute approximate surface area is 144 Å². The Hall–Kier alpha value is -2.73. The lowest BCUT2D eigenvalue weighted by Gasteiger charge is -2.14. The van der Waals surface area contributed by atoms with Crippen LogP contribution in [0, 0.1) is 0 Å². The summed E-state index contributed by atoms with van der Waals surface area (Å²) < 4.78 is 5.69. The summed E-state index contributed by atoms with van der Waals surface area (Å²) in [4.78, 5) is 20.6. The molecule has 0 saturated heterocycles. The average Bonchev–Trinajstić information content (AvgIpc) is 3.14. The molecule has 1 unspecified atom stereocenters. The normalized spacial score (nSPS) is 11.7. The second kappa shape index (κ2) is 7.70. The Morgan fingerprint density at radius 3 is 2.88 bits per heavy atom. The fourth-order valence-corrected chi connectivity index (χ4v) is 2.75. The molecule has 6 heteroatoms. The minimum Gasteiger partial charge on any atom is -0.487 e. The first-order chi connectivity index (χ1) is 11.7. The molecule has 1 atom stereocenters. The van der Waals surface area contributed by atoms with Crippen molar-refractivity contribution in [1.82, 2.24) is 15.3 Å². The number of ether oxygens (including phenoxy) is 1. The number of pyridine rings is 1. The van der Waals surface area contributed by atoms with Crippen LogP contribution >= 0.6 is 11.3 Å². The van der Waals surface area contributed by atoms with Crippen LogP contribution in [0.25, 0.3) is 0 Å². The van der Waals surface area contributed by atoms with Crippen molar-refractivity contribution in [2.75, 3.05) is 0 Å². The maximum atomic E-state index is 12.4. The fourth-order valence-electron chi connectivity index (χ4n) is 2.21. The van der Waals surface area contributed by atoms with E-state index >= 15 is 0 Å². The highest BCUT2D eigenvalue weighted by Crippen LogP contribution is 2.17. The summed E-state index contributed by atoms with van der Waals surface area (Å²) in [5, 5.41) is 4.91. The van der Waals surface area contributed by atoms with Crippen LogP contribution < -0.4 is 10.1 Å². The quantitative estimate of drug-likeness (QED) is 0.745. The third-order valence-electron chi connectivity index (χ3n) is 3.52. The van der Waals surface area contributed by atoms with Gasteiger partial charge in [-0.15, -0.1) is 11.3 Å². The van der Waals surface area contributed by atoms with Gasteiger partial charge in [-0.3, -0.25) is 9.78 Å². The van der Waals surface area contributed by atoms with Crippen molar-refractivity contribution in [2.24, 2.45) is 0 Å². The predicted octanol–water partition coefficient (Wildman–Crippen LogP) is 3.61. The largest absolute Gasteiger partial charge is 0.487 e. The Bertz CT molecular complexity index is 791. The first kappa shape index (κ1) is 16.1. The minimum absolute atomic E-state index is 0.0971. The molecule has 1 amide bonds. The Morgan fingerprint density at radius 1 is 1.29 bits per heavy atom. The van der Waals surface area contributed by atoms with Crippen molar-refractivity contribution in [3.8, 4) is 5.75 Å². The molecule has 0 saturated carbocycles. The Morgan fingerprint density at radius 2 is 2.12 bits per heavy atom. The van der Waals surface area contributed by atoms with E-state index < -0.39 is 0 Å². The number of hydrogen-bond acceptors (Lipinski definition) is 5. The second-order valence-electron chi connectivity index (χ2n) is 5.27. The topological polar surface area (TPSA) is 64.1 Å². The van der Waals surface area contributed by atoms with Gasteiger partial charge in [-0.05, 0) is 42.8 Å². The number of carbonyl (C=O) groups is 1. The summed E-state index contributed by atoms with van der Waals surface area (Å²) in [5.41, 5.74) is 4.21. The highest BCUT2D eigenvalue weighted by molar-refractivity contribution is 7.07. The first-order valence-electron chi connectivity index (χ1n) is 7.53. The van der Waals surface area contributed by atoms with Gasteiger partial charge < -0.3 is 10.1 Å². The molecule has 5 nitrogen and oxygen atoms in total. The van der Waals surface area contributed by atoms with Crippen LogP contribution in [-0.2, 0) is 6.61 Å². The summed E-state index contributed by atoms with van der Waals surface area (Å²) in [6, 6.07) is 10.8. The number of rotatable bonds is 6. The number of nitrogens with zero attached hydrogens (tertiary/aromatic N) is 2. The Balaban J connectivity index is 1.63. The summed E-state index contributed by atoms with van der Waals surface area (Å²) in [5.74, 6) is 0.505. The number of amides is 1. The molecule has 0 spiro atoms. The molecule has 0 aliphatic carbocycles. The molecule has 0 bridgehead atoms. The molecule has 2 heterocycles. The van der Waals surface area contributed by atoms with E-state index in [0.29, 0.717) is 17.9 Å². The van der Waals surface area contributed by atoms with Gasteiger partial charge in [0.15, 0.2) is 0 Å². The van der Waals surface area contributed by atoms with Crippen LogP contribution in [0.1, 0.15) is 34.6 Å². The van der Waals surface area contributed by atoms with Gasteiger partial charge >= 0.3 is 0 Å². The zero-order valence-corrected chi connectivity index (χ0v) is 14.0. The summed E-state index contributed by atoms with van der Waals surface area (Å²) in [6.07, 6.45) is 3.43. The number of carbonyl (C=O) groups excluding carboxylic acids is 1. The van der Waals surface area contributed by atoms with Crippen molar-refractivity contribution < 1.29 is 9.53 Å². The van der Waals surface area contributed by atoms with E-state index in [1.165, 1.54) is 11.3 Å². The summed E-state index contributed by atoms with van der Waals surface area (Å²) in [6.45, 7) is 2.33. The molecule has 0 aliphatic heterocycles. The zero-order chi connectivity index (χ0) is 16.8. The number of nitrogens with one attached hydrogen (secondary N) is 1. The minimum atomic E-state index is -0.140. The number of aromatic nitrogens is 2. The van der Waals surface area contributed by atoms with E-state index in [2.05, 4.69) is 15.3 Å². The van der Waals surface area contributed by atoms with Gasteiger partial charge in [-0.25, -0.2) is 4.98 Å². The van der Waals surface area contributed by atoms with Gasteiger partial charge in [0, 0.05) is 23.3 Å². The molecule has 24 heavy (non-hydrogen) atoms. The van der Waals surface area contributed by atoms with Crippen molar-refractivity contribution in [2.45, 2.75) is 19.6 Å². The molecule has 0 aliphatic rings. The van der Waals surface area contributed by atoms with Gasteiger partial charge in [0.2, 0.25) is 0 Å². The lowest BCUT2D eigenvalue weighted by atomic mass is 10.1. The van der Waals surface area contributed by atoms with Gasteiger partial charge in [-0.2, -0.15) is 0 Å². The lowest BCUT2D eigenvalue weighted by molar-refractivity contribution is 0.0939. The molecule has 122 valence electrons. The summed E-state index contributed by atoms with van der Waals surface area (Å²) >= 11 is 1.53. The van der Waals surface area contributed by atoms with E-state index in [1.54, 1.807) is 30.0 Å². The number of hydrogen-bond donors (Lipinski definition) is 1. The van der Waals surface area contributed by atoms with E-state index in [-0.39, 0.29) is 11.9 Å². The van der Waals surface area contributed by atoms with Crippen molar-refractivity contribution in [3.63, 3.8) is 0 Å². The van der Waals surface area contributed by atoms with Crippen LogP contribution in [-0.4, -0.2) is 15.9 Å². The molecule has 0 radical (unpaired) electrons.